The minimum Gasteiger partial charge on any atom is -0.484 e. The van der Waals surface area contributed by atoms with Gasteiger partial charge in [-0.2, -0.15) is 10.5 Å². The van der Waals surface area contributed by atoms with Crippen molar-refractivity contribution in [2.45, 2.75) is 26.9 Å². The first-order chi connectivity index (χ1) is 6.11. The average Bonchev–Trinajstić information content (AvgIpc) is 2.36. The van der Waals surface area contributed by atoms with Crippen molar-refractivity contribution < 1.29 is 4.74 Å². The standard InChI is InChI=1S/C10H10N2O/c1-6-7(2)10(13-8(6)3)9(4-11)5-12/h8H,1-3H3. The van der Waals surface area contributed by atoms with E-state index in [0.717, 1.165) is 11.1 Å². The molecule has 1 aliphatic rings. The normalized spacial score (nSPS) is 20.7. The van der Waals surface area contributed by atoms with Crippen LogP contribution in [0.5, 0.6) is 0 Å². The highest BCUT2D eigenvalue weighted by molar-refractivity contribution is 5.49. The van der Waals surface area contributed by atoms with Gasteiger partial charge in [-0.3, -0.25) is 0 Å². The van der Waals surface area contributed by atoms with Gasteiger partial charge in [0.1, 0.15) is 18.2 Å². The van der Waals surface area contributed by atoms with Crippen LogP contribution in [0.1, 0.15) is 20.8 Å². The minimum atomic E-state index is -0.0216. The highest BCUT2D eigenvalue weighted by atomic mass is 16.5. The molecule has 0 aliphatic carbocycles. The maximum Gasteiger partial charge on any atom is 0.171 e. The van der Waals surface area contributed by atoms with Gasteiger partial charge in [0.05, 0.1) is 0 Å². The molecule has 0 fully saturated rings. The Balaban J connectivity index is 3.23. The van der Waals surface area contributed by atoms with Gasteiger partial charge in [-0.15, -0.1) is 0 Å². The van der Waals surface area contributed by atoms with Gasteiger partial charge in [0.25, 0.3) is 0 Å². The first kappa shape index (κ1) is 9.35. The number of ether oxygens (including phenoxy) is 1. The molecule has 1 heterocycles. The third-order valence-corrected chi connectivity index (χ3v) is 2.29. The molecule has 0 bridgehead atoms. The molecule has 0 radical (unpaired) electrons. The molecule has 1 aliphatic heterocycles. The van der Waals surface area contributed by atoms with Crippen molar-refractivity contribution >= 4 is 0 Å². The molecule has 0 aromatic heterocycles. The van der Waals surface area contributed by atoms with E-state index in [4.69, 9.17) is 15.3 Å². The Morgan fingerprint density at radius 3 is 2.15 bits per heavy atom. The number of allylic oxidation sites excluding steroid dienone is 2. The molecule has 3 heteroatoms. The summed E-state index contributed by atoms with van der Waals surface area (Å²) in [6.45, 7) is 5.71. The van der Waals surface area contributed by atoms with Crippen molar-refractivity contribution in [2.75, 3.05) is 0 Å². The second-order valence-corrected chi connectivity index (χ2v) is 3.00. The van der Waals surface area contributed by atoms with Crippen molar-refractivity contribution in [2.24, 2.45) is 0 Å². The summed E-state index contributed by atoms with van der Waals surface area (Å²) in [6.07, 6.45) is -0.0216. The van der Waals surface area contributed by atoms with Crippen molar-refractivity contribution in [1.82, 2.24) is 0 Å². The van der Waals surface area contributed by atoms with Crippen LogP contribution in [0.3, 0.4) is 0 Å². The van der Waals surface area contributed by atoms with Crippen LogP contribution in [0.15, 0.2) is 22.5 Å². The van der Waals surface area contributed by atoms with E-state index in [-0.39, 0.29) is 11.7 Å². The Labute approximate surface area is 77.5 Å². The van der Waals surface area contributed by atoms with Crippen molar-refractivity contribution in [3.8, 4) is 12.1 Å². The number of nitrogens with zero attached hydrogens (tertiary/aromatic N) is 2. The molecule has 0 aromatic carbocycles. The van der Waals surface area contributed by atoms with Crippen LogP contribution in [0, 0.1) is 22.7 Å². The number of nitriles is 2. The van der Waals surface area contributed by atoms with Crippen molar-refractivity contribution in [3.05, 3.63) is 22.5 Å². The third kappa shape index (κ3) is 1.41. The van der Waals surface area contributed by atoms with Gasteiger partial charge in [0.15, 0.2) is 11.3 Å². The van der Waals surface area contributed by atoms with Crippen molar-refractivity contribution in [3.63, 3.8) is 0 Å². The smallest absolute Gasteiger partial charge is 0.171 e. The zero-order valence-corrected chi connectivity index (χ0v) is 7.88. The van der Waals surface area contributed by atoms with Crippen LogP contribution in [0.25, 0.3) is 0 Å². The Kier molecular flexibility index (Phi) is 2.39. The Bertz CT molecular complexity index is 361. The topological polar surface area (TPSA) is 56.8 Å². The summed E-state index contributed by atoms with van der Waals surface area (Å²) in [4.78, 5) is 0. The van der Waals surface area contributed by atoms with E-state index in [1.54, 1.807) is 0 Å². The molecule has 0 amide bonds. The Hall–Kier alpha value is -1.74. The monoisotopic (exact) mass is 174 g/mol. The molecule has 13 heavy (non-hydrogen) atoms. The first-order valence-corrected chi connectivity index (χ1v) is 4.00. The van der Waals surface area contributed by atoms with E-state index in [1.807, 2.05) is 32.9 Å². The second kappa shape index (κ2) is 3.33. The van der Waals surface area contributed by atoms with Crippen LogP contribution < -0.4 is 0 Å². The van der Waals surface area contributed by atoms with E-state index in [0.29, 0.717) is 5.76 Å². The number of rotatable bonds is 0. The zero-order chi connectivity index (χ0) is 10.0. The first-order valence-electron chi connectivity index (χ1n) is 4.00. The highest BCUT2D eigenvalue weighted by Crippen LogP contribution is 2.31. The van der Waals surface area contributed by atoms with Crippen LogP contribution in [0.4, 0.5) is 0 Å². The van der Waals surface area contributed by atoms with E-state index in [9.17, 15) is 0 Å². The minimum absolute atomic E-state index is 0.0216. The summed E-state index contributed by atoms with van der Waals surface area (Å²) >= 11 is 0. The summed E-state index contributed by atoms with van der Waals surface area (Å²) in [5, 5.41) is 17.3. The summed E-state index contributed by atoms with van der Waals surface area (Å²) in [5.41, 5.74) is 2.05. The lowest BCUT2D eigenvalue weighted by Gasteiger charge is -2.05. The Morgan fingerprint density at radius 1 is 1.31 bits per heavy atom. The van der Waals surface area contributed by atoms with Crippen LogP contribution in [0.2, 0.25) is 0 Å². The molecule has 0 spiro atoms. The molecular formula is C10H10N2O. The van der Waals surface area contributed by atoms with Crippen LogP contribution in [-0.4, -0.2) is 6.10 Å². The quantitative estimate of drug-likeness (QED) is 0.528. The van der Waals surface area contributed by atoms with E-state index < -0.39 is 0 Å². The molecule has 0 saturated heterocycles. The van der Waals surface area contributed by atoms with Crippen LogP contribution >= 0.6 is 0 Å². The van der Waals surface area contributed by atoms with Gasteiger partial charge in [-0.1, -0.05) is 0 Å². The van der Waals surface area contributed by atoms with Gasteiger partial charge in [0, 0.05) is 0 Å². The van der Waals surface area contributed by atoms with E-state index in [2.05, 4.69) is 0 Å². The van der Waals surface area contributed by atoms with E-state index >= 15 is 0 Å². The molecule has 0 saturated carbocycles. The van der Waals surface area contributed by atoms with Gasteiger partial charge in [-0.25, -0.2) is 0 Å². The summed E-state index contributed by atoms with van der Waals surface area (Å²) in [7, 11) is 0. The van der Waals surface area contributed by atoms with Crippen molar-refractivity contribution in [1.29, 1.82) is 10.5 Å². The molecule has 0 aromatic rings. The van der Waals surface area contributed by atoms with Crippen LogP contribution in [-0.2, 0) is 4.74 Å². The van der Waals surface area contributed by atoms with Gasteiger partial charge >= 0.3 is 0 Å². The number of hydrogen-bond donors (Lipinski definition) is 0. The van der Waals surface area contributed by atoms with E-state index in [1.165, 1.54) is 0 Å². The molecule has 0 N–H and O–H groups in total. The average molecular weight is 174 g/mol. The predicted octanol–water partition coefficient (Wildman–Crippen LogP) is 2.04. The fraction of sp³-hybridized carbons (Fsp3) is 0.400. The maximum absolute atomic E-state index is 8.64. The lowest BCUT2D eigenvalue weighted by Crippen LogP contribution is -2.00. The molecule has 1 unspecified atom stereocenters. The van der Waals surface area contributed by atoms with Gasteiger partial charge in [0.2, 0.25) is 0 Å². The zero-order valence-electron chi connectivity index (χ0n) is 7.88. The number of hydrogen-bond acceptors (Lipinski definition) is 3. The largest absolute Gasteiger partial charge is 0.484 e. The fourth-order valence-electron chi connectivity index (χ4n) is 1.21. The molecule has 1 rings (SSSR count). The maximum atomic E-state index is 8.64. The lowest BCUT2D eigenvalue weighted by molar-refractivity contribution is 0.188. The third-order valence-electron chi connectivity index (χ3n) is 2.29. The summed E-state index contributed by atoms with van der Waals surface area (Å²) in [6, 6.07) is 3.65. The SMILES string of the molecule is CC1=C(C)C(C)OC1=C(C#N)C#N. The fourth-order valence-corrected chi connectivity index (χ4v) is 1.21. The molecule has 3 nitrogen and oxygen atoms in total. The molecular weight excluding hydrogens is 164 g/mol. The van der Waals surface area contributed by atoms with Gasteiger partial charge in [-0.05, 0) is 31.9 Å². The van der Waals surface area contributed by atoms with Gasteiger partial charge < -0.3 is 4.74 Å². The Morgan fingerprint density at radius 2 is 1.85 bits per heavy atom. The second-order valence-electron chi connectivity index (χ2n) is 3.00. The molecule has 1 atom stereocenters. The summed E-state index contributed by atoms with van der Waals surface area (Å²) < 4.78 is 5.39. The highest BCUT2D eigenvalue weighted by Gasteiger charge is 2.24. The predicted molar refractivity (Wildman–Crippen MR) is 47.2 cm³/mol. The summed E-state index contributed by atoms with van der Waals surface area (Å²) in [5.74, 6) is 0.440. The molecule has 66 valence electrons. The lowest BCUT2D eigenvalue weighted by atomic mass is 10.1.